The van der Waals surface area contributed by atoms with Crippen molar-refractivity contribution in [3.05, 3.63) is 12.3 Å². The third-order valence-corrected chi connectivity index (χ3v) is 2.29. The minimum Gasteiger partial charge on any atom is -0.366 e. The number of aromatic nitrogens is 2. The molecule has 1 amide bonds. The highest BCUT2D eigenvalue weighted by molar-refractivity contribution is 5.93. The molecule has 2 heterocycles. The van der Waals surface area contributed by atoms with E-state index < -0.39 is 6.10 Å². The smallest absolute Gasteiger partial charge is 0.255 e. The van der Waals surface area contributed by atoms with Crippen molar-refractivity contribution < 1.29 is 9.53 Å². The van der Waals surface area contributed by atoms with Gasteiger partial charge in [0.05, 0.1) is 12.8 Å². The zero-order valence-electron chi connectivity index (χ0n) is 8.56. The molecule has 0 unspecified atom stereocenters. The summed E-state index contributed by atoms with van der Waals surface area (Å²) in [5.74, 6) is 0.542. The van der Waals surface area contributed by atoms with Gasteiger partial charge in [-0.3, -0.25) is 9.48 Å². The molecule has 0 bridgehead atoms. The fourth-order valence-electron chi connectivity index (χ4n) is 1.44. The first-order valence-corrected chi connectivity index (χ1v) is 4.88. The zero-order chi connectivity index (χ0) is 10.7. The Balaban J connectivity index is 1.94. The number of carbonyl (C=O) groups excluding carboxylic acids is 1. The molecule has 1 aromatic rings. The lowest BCUT2D eigenvalue weighted by atomic mass is 10.3. The molecule has 0 aromatic carbocycles. The van der Waals surface area contributed by atoms with Crippen LogP contribution < -0.4 is 10.6 Å². The summed E-state index contributed by atoms with van der Waals surface area (Å²) in [4.78, 5) is 11.7. The Bertz CT molecular complexity index is 344. The summed E-state index contributed by atoms with van der Waals surface area (Å²) in [5.41, 5.74) is 0. The first kappa shape index (κ1) is 10.1. The van der Waals surface area contributed by atoms with E-state index in [-0.39, 0.29) is 5.91 Å². The Hall–Kier alpha value is -1.40. The van der Waals surface area contributed by atoms with Crippen molar-refractivity contribution in [2.45, 2.75) is 6.10 Å². The highest BCUT2D eigenvalue weighted by Gasteiger charge is 2.22. The van der Waals surface area contributed by atoms with E-state index in [0.29, 0.717) is 19.0 Å². The Labute approximate surface area is 87.6 Å². The van der Waals surface area contributed by atoms with Crippen molar-refractivity contribution in [2.24, 2.45) is 7.05 Å². The van der Waals surface area contributed by atoms with E-state index in [1.807, 2.05) is 0 Å². The van der Waals surface area contributed by atoms with Crippen LogP contribution in [0, 0.1) is 0 Å². The standard InChI is InChI=1S/C9H14N4O2/c1-13-8(2-3-11-13)12-9(14)7-6-10-4-5-15-7/h2-3,7,10H,4-6H2,1H3,(H,12,14)/t7-/m1/s1. The van der Waals surface area contributed by atoms with Crippen LogP contribution in [0.5, 0.6) is 0 Å². The van der Waals surface area contributed by atoms with Crippen LogP contribution in [-0.4, -0.2) is 41.5 Å². The van der Waals surface area contributed by atoms with Crippen molar-refractivity contribution >= 4 is 11.7 Å². The van der Waals surface area contributed by atoms with Crippen LogP contribution >= 0.6 is 0 Å². The number of hydrogen-bond donors (Lipinski definition) is 2. The van der Waals surface area contributed by atoms with E-state index in [9.17, 15) is 4.79 Å². The van der Waals surface area contributed by atoms with Crippen LogP contribution in [0.1, 0.15) is 0 Å². The van der Waals surface area contributed by atoms with Crippen LogP contribution in [0.3, 0.4) is 0 Å². The third kappa shape index (κ3) is 2.34. The molecule has 82 valence electrons. The van der Waals surface area contributed by atoms with Gasteiger partial charge in [0.15, 0.2) is 0 Å². The summed E-state index contributed by atoms with van der Waals surface area (Å²) in [6.07, 6.45) is 1.23. The van der Waals surface area contributed by atoms with Gasteiger partial charge in [0.1, 0.15) is 11.9 Å². The van der Waals surface area contributed by atoms with E-state index in [1.165, 1.54) is 0 Å². The maximum atomic E-state index is 11.7. The van der Waals surface area contributed by atoms with Gasteiger partial charge in [0.2, 0.25) is 0 Å². The van der Waals surface area contributed by atoms with Gasteiger partial charge in [-0.05, 0) is 0 Å². The SMILES string of the molecule is Cn1nccc1NC(=O)[C@H]1CNCCO1. The molecule has 0 saturated carbocycles. The van der Waals surface area contributed by atoms with Gasteiger partial charge in [-0.2, -0.15) is 5.10 Å². The first-order valence-electron chi connectivity index (χ1n) is 4.88. The number of aryl methyl sites for hydroxylation is 1. The summed E-state index contributed by atoms with van der Waals surface area (Å²) in [5, 5.41) is 9.82. The van der Waals surface area contributed by atoms with Crippen LogP contribution in [0.15, 0.2) is 12.3 Å². The van der Waals surface area contributed by atoms with Gasteiger partial charge < -0.3 is 15.4 Å². The fourth-order valence-corrected chi connectivity index (χ4v) is 1.44. The van der Waals surface area contributed by atoms with E-state index >= 15 is 0 Å². The Morgan fingerprint density at radius 2 is 2.67 bits per heavy atom. The number of nitrogens with zero attached hydrogens (tertiary/aromatic N) is 2. The third-order valence-electron chi connectivity index (χ3n) is 2.29. The van der Waals surface area contributed by atoms with Crippen molar-refractivity contribution in [1.29, 1.82) is 0 Å². The second-order valence-electron chi connectivity index (χ2n) is 3.39. The highest BCUT2D eigenvalue weighted by Crippen LogP contribution is 2.06. The molecule has 1 aliphatic rings. The topological polar surface area (TPSA) is 68.2 Å². The predicted octanol–water partition coefficient (Wildman–Crippen LogP) is -0.653. The highest BCUT2D eigenvalue weighted by atomic mass is 16.5. The van der Waals surface area contributed by atoms with Gasteiger partial charge in [-0.15, -0.1) is 0 Å². The summed E-state index contributed by atoms with van der Waals surface area (Å²) in [7, 11) is 1.77. The molecule has 1 atom stereocenters. The largest absolute Gasteiger partial charge is 0.366 e. The van der Waals surface area contributed by atoms with Crippen LogP contribution in [0.25, 0.3) is 0 Å². The van der Waals surface area contributed by atoms with E-state index in [1.54, 1.807) is 24.0 Å². The first-order chi connectivity index (χ1) is 7.27. The lowest BCUT2D eigenvalue weighted by molar-refractivity contribution is -0.128. The monoisotopic (exact) mass is 210 g/mol. The van der Waals surface area contributed by atoms with Crippen molar-refractivity contribution in [3.8, 4) is 0 Å². The zero-order valence-corrected chi connectivity index (χ0v) is 8.56. The number of amides is 1. The predicted molar refractivity (Wildman–Crippen MR) is 54.4 cm³/mol. The molecule has 2 N–H and O–H groups in total. The van der Waals surface area contributed by atoms with Gasteiger partial charge in [0, 0.05) is 26.2 Å². The molecule has 6 heteroatoms. The lowest BCUT2D eigenvalue weighted by Gasteiger charge is -2.22. The van der Waals surface area contributed by atoms with Crippen molar-refractivity contribution in [1.82, 2.24) is 15.1 Å². The van der Waals surface area contributed by atoms with Gasteiger partial charge >= 0.3 is 0 Å². The van der Waals surface area contributed by atoms with Gasteiger partial charge in [-0.25, -0.2) is 0 Å². The normalized spacial score (nSPS) is 21.3. The number of hydrogen-bond acceptors (Lipinski definition) is 4. The number of ether oxygens (including phenoxy) is 1. The average molecular weight is 210 g/mol. The molecular formula is C9H14N4O2. The molecular weight excluding hydrogens is 196 g/mol. The fraction of sp³-hybridized carbons (Fsp3) is 0.556. The molecule has 15 heavy (non-hydrogen) atoms. The lowest BCUT2D eigenvalue weighted by Crippen LogP contribution is -2.45. The number of anilines is 1. The van der Waals surface area contributed by atoms with Crippen molar-refractivity contribution in [2.75, 3.05) is 25.0 Å². The van der Waals surface area contributed by atoms with Crippen LogP contribution in [0.4, 0.5) is 5.82 Å². The van der Waals surface area contributed by atoms with E-state index in [2.05, 4.69) is 15.7 Å². The molecule has 0 aliphatic carbocycles. The quantitative estimate of drug-likeness (QED) is 0.680. The molecule has 1 aromatic heterocycles. The van der Waals surface area contributed by atoms with Gasteiger partial charge in [-0.1, -0.05) is 0 Å². The maximum absolute atomic E-state index is 11.7. The maximum Gasteiger partial charge on any atom is 0.255 e. The molecule has 0 spiro atoms. The van der Waals surface area contributed by atoms with E-state index in [0.717, 1.165) is 6.54 Å². The minimum absolute atomic E-state index is 0.134. The second-order valence-corrected chi connectivity index (χ2v) is 3.39. The summed E-state index contributed by atoms with van der Waals surface area (Å²) < 4.78 is 6.93. The van der Waals surface area contributed by atoms with E-state index in [4.69, 9.17) is 4.74 Å². The Kier molecular flexibility index (Phi) is 2.98. The van der Waals surface area contributed by atoms with Crippen LogP contribution in [-0.2, 0) is 16.6 Å². The summed E-state index contributed by atoms with van der Waals surface area (Å²) in [6, 6.07) is 1.74. The minimum atomic E-state index is -0.409. The van der Waals surface area contributed by atoms with Crippen LogP contribution in [0.2, 0.25) is 0 Å². The second kappa shape index (κ2) is 4.41. The van der Waals surface area contributed by atoms with Gasteiger partial charge in [0.25, 0.3) is 5.91 Å². The number of rotatable bonds is 2. The summed E-state index contributed by atoms with van der Waals surface area (Å²) >= 11 is 0. The molecule has 6 nitrogen and oxygen atoms in total. The number of nitrogens with one attached hydrogen (secondary N) is 2. The Morgan fingerprint density at radius 3 is 3.27 bits per heavy atom. The molecule has 0 radical (unpaired) electrons. The molecule has 2 rings (SSSR count). The Morgan fingerprint density at radius 1 is 1.80 bits per heavy atom. The number of morpholine rings is 1. The molecule has 1 fully saturated rings. The van der Waals surface area contributed by atoms with Crippen molar-refractivity contribution in [3.63, 3.8) is 0 Å². The summed E-state index contributed by atoms with van der Waals surface area (Å²) in [6.45, 7) is 1.93. The average Bonchev–Trinajstić information content (AvgIpc) is 2.66. The molecule has 1 saturated heterocycles. The molecule has 1 aliphatic heterocycles. The number of carbonyl (C=O) groups is 1.